The Morgan fingerprint density at radius 3 is 2.63 bits per heavy atom. The van der Waals surface area contributed by atoms with E-state index in [1.807, 2.05) is 6.07 Å². The molecule has 0 atom stereocenters. The molecule has 1 aliphatic rings. The Balaban J connectivity index is 1.81. The van der Waals surface area contributed by atoms with Crippen molar-refractivity contribution in [1.82, 2.24) is 0 Å². The van der Waals surface area contributed by atoms with Gasteiger partial charge in [-0.05, 0) is 24.5 Å². The number of para-hydroxylation sites is 2. The van der Waals surface area contributed by atoms with E-state index in [9.17, 15) is 8.78 Å². The van der Waals surface area contributed by atoms with Gasteiger partial charge in [-0.1, -0.05) is 44.2 Å². The highest BCUT2D eigenvalue weighted by atomic mass is 19.3. The summed E-state index contributed by atoms with van der Waals surface area (Å²) in [6.45, 7) is -1.96. The minimum absolute atomic E-state index is 0.223. The first-order chi connectivity index (χ1) is 9.25. The molecular formula is C15H21F2NO. The number of ether oxygens (including phenoxy) is 1. The molecule has 0 saturated heterocycles. The van der Waals surface area contributed by atoms with Crippen molar-refractivity contribution in [1.29, 1.82) is 0 Å². The average Bonchev–Trinajstić information content (AvgIpc) is 2.41. The van der Waals surface area contributed by atoms with Crippen LogP contribution in [0.25, 0.3) is 0 Å². The van der Waals surface area contributed by atoms with Crippen LogP contribution in [0.1, 0.15) is 38.5 Å². The van der Waals surface area contributed by atoms with Gasteiger partial charge in [-0.15, -0.1) is 0 Å². The van der Waals surface area contributed by atoms with Crippen LogP contribution in [-0.4, -0.2) is 13.2 Å². The molecule has 0 bridgehead atoms. The van der Waals surface area contributed by atoms with Gasteiger partial charge in [0.15, 0.2) is 0 Å². The number of nitrogens with one attached hydrogen (secondary N) is 1. The molecule has 1 N–H and O–H groups in total. The predicted octanol–water partition coefficient (Wildman–Crippen LogP) is 4.67. The van der Waals surface area contributed by atoms with E-state index >= 15 is 0 Å². The molecule has 0 aliphatic heterocycles. The van der Waals surface area contributed by atoms with Crippen molar-refractivity contribution in [3.8, 4) is 5.75 Å². The number of alkyl halides is 2. The van der Waals surface area contributed by atoms with Crippen LogP contribution in [0.15, 0.2) is 24.3 Å². The zero-order chi connectivity index (χ0) is 13.5. The summed E-state index contributed by atoms with van der Waals surface area (Å²) in [4.78, 5) is 0. The highest BCUT2D eigenvalue weighted by molar-refractivity contribution is 5.56. The molecule has 0 heterocycles. The first-order valence-electron chi connectivity index (χ1n) is 7.03. The van der Waals surface area contributed by atoms with Gasteiger partial charge in [0.1, 0.15) is 5.75 Å². The van der Waals surface area contributed by atoms with Gasteiger partial charge in [0.2, 0.25) is 0 Å². The van der Waals surface area contributed by atoms with Crippen molar-refractivity contribution >= 4 is 5.69 Å². The monoisotopic (exact) mass is 269 g/mol. The molecule has 19 heavy (non-hydrogen) atoms. The number of rotatable bonds is 6. The second-order valence-corrected chi connectivity index (χ2v) is 5.09. The van der Waals surface area contributed by atoms with Crippen LogP contribution in [0.3, 0.4) is 0 Å². The Kier molecular flexibility index (Phi) is 5.43. The highest BCUT2D eigenvalue weighted by Crippen LogP contribution is 2.28. The Morgan fingerprint density at radius 1 is 1.16 bits per heavy atom. The number of hydrogen-bond acceptors (Lipinski definition) is 2. The molecule has 0 radical (unpaired) electrons. The van der Waals surface area contributed by atoms with E-state index in [-0.39, 0.29) is 5.75 Å². The van der Waals surface area contributed by atoms with E-state index in [0.717, 1.165) is 18.9 Å². The maximum atomic E-state index is 12.3. The summed E-state index contributed by atoms with van der Waals surface area (Å²) in [7, 11) is 0. The third-order valence-corrected chi connectivity index (χ3v) is 3.70. The smallest absolute Gasteiger partial charge is 0.387 e. The first kappa shape index (κ1) is 14.1. The largest absolute Gasteiger partial charge is 0.433 e. The Morgan fingerprint density at radius 2 is 1.89 bits per heavy atom. The van der Waals surface area contributed by atoms with Crippen LogP contribution in [0.4, 0.5) is 14.5 Å². The van der Waals surface area contributed by atoms with Crippen molar-refractivity contribution in [3.63, 3.8) is 0 Å². The minimum Gasteiger partial charge on any atom is -0.433 e. The molecule has 106 valence electrons. The zero-order valence-corrected chi connectivity index (χ0v) is 11.1. The fourth-order valence-electron chi connectivity index (χ4n) is 2.70. The molecule has 1 aromatic carbocycles. The molecule has 2 rings (SSSR count). The van der Waals surface area contributed by atoms with E-state index in [4.69, 9.17) is 0 Å². The van der Waals surface area contributed by atoms with Crippen LogP contribution < -0.4 is 10.1 Å². The summed E-state index contributed by atoms with van der Waals surface area (Å²) < 4.78 is 29.0. The lowest BCUT2D eigenvalue weighted by Gasteiger charge is -2.22. The van der Waals surface area contributed by atoms with Crippen molar-refractivity contribution < 1.29 is 13.5 Å². The summed E-state index contributed by atoms with van der Waals surface area (Å²) in [5.41, 5.74) is 0.651. The van der Waals surface area contributed by atoms with Gasteiger partial charge in [0, 0.05) is 6.54 Å². The molecule has 1 saturated carbocycles. The van der Waals surface area contributed by atoms with Crippen LogP contribution in [-0.2, 0) is 0 Å². The fourth-order valence-corrected chi connectivity index (χ4v) is 2.70. The summed E-state index contributed by atoms with van der Waals surface area (Å²) >= 11 is 0. The number of benzene rings is 1. The van der Waals surface area contributed by atoms with Crippen molar-refractivity contribution in [3.05, 3.63) is 24.3 Å². The maximum absolute atomic E-state index is 12.3. The third kappa shape index (κ3) is 4.69. The lowest BCUT2D eigenvalue weighted by atomic mass is 9.87. The minimum atomic E-state index is -2.78. The topological polar surface area (TPSA) is 21.3 Å². The third-order valence-electron chi connectivity index (χ3n) is 3.70. The molecule has 0 amide bonds. The molecule has 1 fully saturated rings. The average molecular weight is 269 g/mol. The predicted molar refractivity (Wildman–Crippen MR) is 72.8 cm³/mol. The van der Waals surface area contributed by atoms with Gasteiger partial charge in [-0.2, -0.15) is 8.78 Å². The molecular weight excluding hydrogens is 248 g/mol. The number of hydrogen-bond donors (Lipinski definition) is 1. The van der Waals surface area contributed by atoms with E-state index in [2.05, 4.69) is 10.1 Å². The van der Waals surface area contributed by atoms with E-state index in [1.165, 1.54) is 32.1 Å². The first-order valence-corrected chi connectivity index (χ1v) is 7.03. The SMILES string of the molecule is FC(F)Oc1ccccc1NCCC1CCCCC1. The second-order valence-electron chi connectivity index (χ2n) is 5.09. The maximum Gasteiger partial charge on any atom is 0.387 e. The van der Waals surface area contributed by atoms with Crippen LogP contribution in [0, 0.1) is 5.92 Å². The molecule has 0 aromatic heterocycles. The molecule has 2 nitrogen and oxygen atoms in total. The van der Waals surface area contributed by atoms with Crippen molar-refractivity contribution in [2.75, 3.05) is 11.9 Å². The standard InChI is InChI=1S/C15H21F2NO/c16-15(17)19-14-9-5-4-8-13(14)18-11-10-12-6-2-1-3-7-12/h4-5,8-9,12,15,18H,1-3,6-7,10-11H2. The van der Waals surface area contributed by atoms with Gasteiger partial charge >= 0.3 is 6.61 Å². The quantitative estimate of drug-likeness (QED) is 0.810. The number of anilines is 1. The van der Waals surface area contributed by atoms with Gasteiger partial charge in [-0.25, -0.2) is 0 Å². The summed E-state index contributed by atoms with van der Waals surface area (Å²) in [5, 5.41) is 3.21. The van der Waals surface area contributed by atoms with Crippen molar-refractivity contribution in [2.45, 2.75) is 45.1 Å². The summed E-state index contributed by atoms with van der Waals surface area (Å²) in [6.07, 6.45) is 7.72. The fraction of sp³-hybridized carbons (Fsp3) is 0.600. The Hall–Kier alpha value is -1.32. The summed E-state index contributed by atoms with van der Waals surface area (Å²) in [5.74, 6) is 1.01. The van der Waals surface area contributed by atoms with Crippen molar-refractivity contribution in [2.24, 2.45) is 5.92 Å². The molecule has 0 spiro atoms. The van der Waals surface area contributed by atoms with Crippen LogP contribution in [0.5, 0.6) is 5.75 Å². The lowest BCUT2D eigenvalue weighted by molar-refractivity contribution is -0.0493. The molecule has 0 unspecified atom stereocenters. The lowest BCUT2D eigenvalue weighted by Crippen LogP contribution is -2.13. The Bertz CT molecular complexity index is 378. The zero-order valence-electron chi connectivity index (χ0n) is 11.1. The molecule has 4 heteroatoms. The molecule has 1 aliphatic carbocycles. The summed E-state index contributed by atoms with van der Waals surface area (Å²) in [6, 6.07) is 6.86. The van der Waals surface area contributed by atoms with Crippen LogP contribution >= 0.6 is 0 Å². The van der Waals surface area contributed by atoms with E-state index in [1.54, 1.807) is 18.2 Å². The van der Waals surface area contributed by atoms with Crippen LogP contribution in [0.2, 0.25) is 0 Å². The van der Waals surface area contributed by atoms with E-state index < -0.39 is 6.61 Å². The van der Waals surface area contributed by atoms with Gasteiger partial charge in [0.05, 0.1) is 5.69 Å². The molecule has 1 aromatic rings. The second kappa shape index (κ2) is 7.31. The van der Waals surface area contributed by atoms with Gasteiger partial charge < -0.3 is 10.1 Å². The van der Waals surface area contributed by atoms with E-state index in [0.29, 0.717) is 5.69 Å². The normalized spacial score (nSPS) is 16.6. The number of halogens is 2. The van der Waals surface area contributed by atoms with Gasteiger partial charge in [0.25, 0.3) is 0 Å². The highest BCUT2D eigenvalue weighted by Gasteiger charge is 2.13. The van der Waals surface area contributed by atoms with Gasteiger partial charge in [-0.3, -0.25) is 0 Å². The Labute approximate surface area is 113 Å².